The quantitative estimate of drug-likeness (QED) is 0.664. The Hall–Kier alpha value is -1.72. The molecule has 1 N–H and O–H groups in total. The summed E-state index contributed by atoms with van der Waals surface area (Å²) in [6.07, 6.45) is 5.48. The van der Waals surface area contributed by atoms with Gasteiger partial charge in [0.05, 0.1) is 4.92 Å². The second-order valence-corrected chi connectivity index (χ2v) is 5.77. The summed E-state index contributed by atoms with van der Waals surface area (Å²) >= 11 is 0. The summed E-state index contributed by atoms with van der Waals surface area (Å²) in [4.78, 5) is 10.1. The first-order chi connectivity index (χ1) is 9.41. The molecule has 6 heteroatoms. The van der Waals surface area contributed by atoms with Crippen LogP contribution in [0.25, 0.3) is 0 Å². The van der Waals surface area contributed by atoms with Crippen LogP contribution >= 0.6 is 0 Å². The zero-order valence-electron chi connectivity index (χ0n) is 11.4. The van der Waals surface area contributed by atoms with E-state index in [4.69, 9.17) is 0 Å². The molecule has 20 heavy (non-hydrogen) atoms. The number of rotatable bonds is 4. The van der Waals surface area contributed by atoms with Crippen LogP contribution in [0.1, 0.15) is 39.0 Å². The number of hydrogen-bond donors (Lipinski definition) is 1. The Morgan fingerprint density at radius 1 is 1.30 bits per heavy atom. The molecule has 1 fully saturated rings. The Bertz CT molecular complexity index is 514. The highest BCUT2D eigenvalue weighted by Crippen LogP contribution is 2.37. The van der Waals surface area contributed by atoms with Crippen molar-refractivity contribution in [1.82, 2.24) is 0 Å². The van der Waals surface area contributed by atoms with Gasteiger partial charge in [0.15, 0.2) is 0 Å². The van der Waals surface area contributed by atoms with E-state index in [9.17, 15) is 18.9 Å². The minimum absolute atomic E-state index is 0.0227. The standard InChI is InChI=1S/C14H18F2N2O2/c1-14(5-3-2-4-6-14)9-17-12-8-10(15)7-11(16)13(12)18(19)20/h7-8,17H,2-6,9H2,1H3. The van der Waals surface area contributed by atoms with E-state index in [1.807, 2.05) is 0 Å². The monoisotopic (exact) mass is 284 g/mol. The second kappa shape index (κ2) is 5.73. The summed E-state index contributed by atoms with van der Waals surface area (Å²) in [5.74, 6) is -1.96. The smallest absolute Gasteiger partial charge is 0.327 e. The molecule has 0 heterocycles. The van der Waals surface area contributed by atoms with E-state index in [1.165, 1.54) is 6.42 Å². The molecule has 0 bridgehead atoms. The van der Waals surface area contributed by atoms with Crippen molar-refractivity contribution in [2.75, 3.05) is 11.9 Å². The predicted octanol–water partition coefficient (Wildman–Crippen LogP) is 4.26. The number of anilines is 1. The Morgan fingerprint density at radius 3 is 2.55 bits per heavy atom. The lowest BCUT2D eigenvalue weighted by molar-refractivity contribution is -0.386. The largest absolute Gasteiger partial charge is 0.379 e. The fraction of sp³-hybridized carbons (Fsp3) is 0.571. The van der Waals surface area contributed by atoms with Gasteiger partial charge in [-0.15, -0.1) is 0 Å². The third-order valence-electron chi connectivity index (χ3n) is 3.98. The average Bonchev–Trinajstić information content (AvgIpc) is 2.36. The SMILES string of the molecule is CC1(CNc2cc(F)cc(F)c2[N+](=O)[O-])CCCCC1. The number of nitrogens with one attached hydrogen (secondary N) is 1. The normalized spacial score (nSPS) is 17.8. The summed E-state index contributed by atoms with van der Waals surface area (Å²) in [5.41, 5.74) is -0.750. The van der Waals surface area contributed by atoms with Crippen molar-refractivity contribution in [3.05, 3.63) is 33.9 Å². The van der Waals surface area contributed by atoms with Crippen molar-refractivity contribution in [1.29, 1.82) is 0 Å². The fourth-order valence-electron chi connectivity index (χ4n) is 2.78. The third-order valence-corrected chi connectivity index (χ3v) is 3.98. The lowest BCUT2D eigenvalue weighted by Gasteiger charge is -2.33. The molecule has 0 aromatic heterocycles. The molecule has 110 valence electrons. The fourth-order valence-corrected chi connectivity index (χ4v) is 2.78. The highest BCUT2D eigenvalue weighted by Gasteiger charge is 2.28. The second-order valence-electron chi connectivity index (χ2n) is 5.77. The van der Waals surface area contributed by atoms with Gasteiger partial charge in [-0.3, -0.25) is 10.1 Å². The van der Waals surface area contributed by atoms with Crippen molar-refractivity contribution in [3.63, 3.8) is 0 Å². The van der Waals surface area contributed by atoms with Crippen LogP contribution in [-0.4, -0.2) is 11.5 Å². The van der Waals surface area contributed by atoms with Crippen LogP contribution in [0.4, 0.5) is 20.2 Å². The molecule has 2 rings (SSSR count). The van der Waals surface area contributed by atoms with Crippen molar-refractivity contribution < 1.29 is 13.7 Å². The van der Waals surface area contributed by atoms with Gasteiger partial charge in [0.25, 0.3) is 0 Å². The Morgan fingerprint density at radius 2 is 1.95 bits per heavy atom. The minimum Gasteiger partial charge on any atom is -0.379 e. The van der Waals surface area contributed by atoms with Gasteiger partial charge in [-0.2, -0.15) is 4.39 Å². The Balaban J connectivity index is 2.18. The number of nitrogens with zero attached hydrogens (tertiary/aromatic N) is 1. The van der Waals surface area contributed by atoms with E-state index in [-0.39, 0.29) is 11.1 Å². The minimum atomic E-state index is -1.15. The Labute approximate surface area is 116 Å². The molecule has 0 saturated heterocycles. The molecule has 0 amide bonds. The maximum atomic E-state index is 13.5. The molecular weight excluding hydrogens is 266 g/mol. The van der Waals surface area contributed by atoms with E-state index < -0.39 is 22.2 Å². The molecular formula is C14H18F2N2O2. The summed E-state index contributed by atoms with van der Waals surface area (Å²) < 4.78 is 26.7. The van der Waals surface area contributed by atoms with Crippen LogP contribution in [-0.2, 0) is 0 Å². The van der Waals surface area contributed by atoms with Crippen molar-refractivity contribution >= 4 is 11.4 Å². The highest BCUT2D eigenvalue weighted by molar-refractivity contribution is 5.62. The predicted molar refractivity (Wildman–Crippen MR) is 72.7 cm³/mol. The first-order valence-electron chi connectivity index (χ1n) is 6.79. The number of nitro groups is 1. The molecule has 0 spiro atoms. The van der Waals surface area contributed by atoms with Gasteiger partial charge in [-0.25, -0.2) is 4.39 Å². The van der Waals surface area contributed by atoms with E-state index in [0.29, 0.717) is 12.6 Å². The zero-order chi connectivity index (χ0) is 14.8. The molecule has 0 atom stereocenters. The van der Waals surface area contributed by atoms with Gasteiger partial charge in [-0.05, 0) is 18.3 Å². The highest BCUT2D eigenvalue weighted by atomic mass is 19.1. The maximum Gasteiger partial charge on any atom is 0.327 e. The van der Waals surface area contributed by atoms with Crippen LogP contribution in [0.2, 0.25) is 0 Å². The third kappa shape index (κ3) is 3.23. The number of halogens is 2. The molecule has 1 aliphatic rings. The lowest BCUT2D eigenvalue weighted by atomic mass is 9.76. The van der Waals surface area contributed by atoms with Crippen molar-refractivity contribution in [2.45, 2.75) is 39.0 Å². The molecule has 1 aromatic rings. The molecule has 1 saturated carbocycles. The number of hydrogen-bond acceptors (Lipinski definition) is 3. The molecule has 1 aromatic carbocycles. The van der Waals surface area contributed by atoms with E-state index >= 15 is 0 Å². The van der Waals surface area contributed by atoms with Crippen LogP contribution in [0, 0.1) is 27.2 Å². The van der Waals surface area contributed by atoms with E-state index in [1.54, 1.807) is 0 Å². The first-order valence-corrected chi connectivity index (χ1v) is 6.79. The number of nitro benzene ring substituents is 1. The number of benzene rings is 1. The summed E-state index contributed by atoms with van der Waals surface area (Å²) in [5, 5.41) is 13.8. The van der Waals surface area contributed by atoms with Gasteiger partial charge >= 0.3 is 5.69 Å². The van der Waals surface area contributed by atoms with Gasteiger partial charge in [0.2, 0.25) is 5.82 Å². The van der Waals surface area contributed by atoms with Crippen LogP contribution in [0.5, 0.6) is 0 Å². The zero-order valence-corrected chi connectivity index (χ0v) is 11.4. The van der Waals surface area contributed by atoms with Crippen molar-refractivity contribution in [3.8, 4) is 0 Å². The topological polar surface area (TPSA) is 55.2 Å². The van der Waals surface area contributed by atoms with Crippen LogP contribution < -0.4 is 5.32 Å². The summed E-state index contributed by atoms with van der Waals surface area (Å²) in [6.45, 7) is 2.58. The molecule has 0 aliphatic heterocycles. The van der Waals surface area contributed by atoms with Gasteiger partial charge in [-0.1, -0.05) is 26.2 Å². The molecule has 1 aliphatic carbocycles. The molecule has 0 unspecified atom stereocenters. The van der Waals surface area contributed by atoms with E-state index in [2.05, 4.69) is 12.2 Å². The van der Waals surface area contributed by atoms with E-state index in [0.717, 1.165) is 31.7 Å². The molecule has 4 nitrogen and oxygen atoms in total. The first kappa shape index (κ1) is 14.7. The van der Waals surface area contributed by atoms with Gasteiger partial charge < -0.3 is 5.32 Å². The summed E-state index contributed by atoms with van der Waals surface area (Å²) in [7, 11) is 0. The lowest BCUT2D eigenvalue weighted by Crippen LogP contribution is -2.29. The molecule has 0 radical (unpaired) electrons. The van der Waals surface area contributed by atoms with Crippen LogP contribution in [0.15, 0.2) is 12.1 Å². The van der Waals surface area contributed by atoms with Crippen LogP contribution in [0.3, 0.4) is 0 Å². The van der Waals surface area contributed by atoms with Gasteiger partial charge in [0, 0.05) is 18.7 Å². The van der Waals surface area contributed by atoms with Gasteiger partial charge in [0.1, 0.15) is 11.5 Å². The maximum absolute atomic E-state index is 13.5. The summed E-state index contributed by atoms with van der Waals surface area (Å²) in [6, 6.07) is 1.51. The Kier molecular flexibility index (Phi) is 4.20. The van der Waals surface area contributed by atoms with Crippen molar-refractivity contribution in [2.24, 2.45) is 5.41 Å². The average molecular weight is 284 g/mol.